The highest BCUT2D eigenvalue weighted by atomic mass is 35.5. The topological polar surface area (TPSA) is 68.0 Å². The van der Waals surface area contributed by atoms with Gasteiger partial charge in [-0.3, -0.25) is 4.79 Å². The molecular weight excluding hydrogens is 382 g/mol. The molecule has 0 aliphatic rings. The first-order valence-corrected chi connectivity index (χ1v) is 9.93. The Morgan fingerprint density at radius 3 is 2.85 bits per heavy atom. The quantitative estimate of drug-likeness (QED) is 0.582. The van der Waals surface area contributed by atoms with Crippen LogP contribution < -0.4 is 5.32 Å². The lowest BCUT2D eigenvalue weighted by Gasteiger charge is -2.16. The van der Waals surface area contributed by atoms with Crippen LogP contribution in [0.1, 0.15) is 34.3 Å². The zero-order chi connectivity index (χ0) is 19.2. The lowest BCUT2D eigenvalue weighted by atomic mass is 10.1. The summed E-state index contributed by atoms with van der Waals surface area (Å²) >= 11 is 7.67. The molecule has 0 aliphatic carbocycles. The number of hydrogen-bond acceptors (Lipinski definition) is 5. The van der Waals surface area contributed by atoms with Crippen molar-refractivity contribution in [3.63, 3.8) is 0 Å². The van der Waals surface area contributed by atoms with Crippen LogP contribution in [-0.4, -0.2) is 22.1 Å². The number of hydrogen-bond donors (Lipinski definition) is 1. The first-order valence-electron chi connectivity index (χ1n) is 8.57. The average Bonchev–Trinajstić information content (AvgIpc) is 3.07. The number of halogens is 1. The Morgan fingerprint density at radius 2 is 2.11 bits per heavy atom. The van der Waals surface area contributed by atoms with Crippen molar-refractivity contribution in [2.24, 2.45) is 0 Å². The van der Waals surface area contributed by atoms with Gasteiger partial charge in [-0.05, 0) is 44.0 Å². The number of carbonyl (C=O) groups excluding carboxylic acids is 1. The van der Waals surface area contributed by atoms with Crippen molar-refractivity contribution >= 4 is 29.3 Å². The Hall–Kier alpha value is -2.31. The third-order valence-electron chi connectivity index (χ3n) is 3.91. The second-order valence-corrected chi connectivity index (χ2v) is 7.61. The van der Waals surface area contributed by atoms with Gasteiger partial charge in [0.25, 0.3) is 5.91 Å². The van der Waals surface area contributed by atoms with Crippen molar-refractivity contribution in [3.05, 3.63) is 76.3 Å². The van der Waals surface area contributed by atoms with Gasteiger partial charge in [0.2, 0.25) is 0 Å². The Morgan fingerprint density at radius 1 is 1.30 bits per heavy atom. The molecule has 7 heteroatoms. The molecule has 1 aromatic carbocycles. The second kappa shape index (κ2) is 9.06. The number of nitrogens with zero attached hydrogens (tertiary/aromatic N) is 2. The maximum atomic E-state index is 12.7. The van der Waals surface area contributed by atoms with Crippen molar-refractivity contribution in [3.8, 4) is 0 Å². The maximum absolute atomic E-state index is 12.7. The van der Waals surface area contributed by atoms with Crippen LogP contribution >= 0.6 is 23.4 Å². The van der Waals surface area contributed by atoms with E-state index >= 15 is 0 Å². The standard InChI is InChI=1S/C20H20ClN3O2S/c1-13(10-15-6-3-4-8-18(15)21)23-19(25)17-7-5-9-22-20(17)27-12-16-11-14(2)26-24-16/h3-9,11,13H,10,12H2,1-2H3,(H,23,25)/t13-/m1/s1. The van der Waals surface area contributed by atoms with Crippen LogP contribution in [0, 0.1) is 6.92 Å². The molecule has 0 unspecified atom stereocenters. The molecule has 2 heterocycles. The van der Waals surface area contributed by atoms with Crippen LogP contribution in [0.2, 0.25) is 5.02 Å². The minimum atomic E-state index is -0.151. The number of rotatable bonds is 7. The maximum Gasteiger partial charge on any atom is 0.254 e. The van der Waals surface area contributed by atoms with Gasteiger partial charge in [-0.1, -0.05) is 46.7 Å². The normalized spacial score (nSPS) is 12.0. The molecule has 0 saturated heterocycles. The molecule has 27 heavy (non-hydrogen) atoms. The molecule has 5 nitrogen and oxygen atoms in total. The molecule has 140 valence electrons. The minimum absolute atomic E-state index is 0.0614. The smallest absolute Gasteiger partial charge is 0.254 e. The molecule has 3 aromatic rings. The summed E-state index contributed by atoms with van der Waals surface area (Å²) in [6.07, 6.45) is 2.34. The highest BCUT2D eigenvalue weighted by Crippen LogP contribution is 2.24. The van der Waals surface area contributed by atoms with Crippen molar-refractivity contribution in [2.45, 2.75) is 37.1 Å². The number of carbonyl (C=O) groups is 1. The van der Waals surface area contributed by atoms with E-state index in [0.717, 1.165) is 17.0 Å². The van der Waals surface area contributed by atoms with E-state index in [9.17, 15) is 4.79 Å². The fraction of sp³-hybridized carbons (Fsp3) is 0.250. The summed E-state index contributed by atoms with van der Waals surface area (Å²) in [7, 11) is 0. The van der Waals surface area contributed by atoms with Crippen LogP contribution in [0.15, 0.2) is 58.2 Å². The highest BCUT2D eigenvalue weighted by Gasteiger charge is 2.16. The molecule has 1 amide bonds. The van der Waals surface area contributed by atoms with E-state index in [4.69, 9.17) is 16.1 Å². The number of aryl methyl sites for hydroxylation is 1. The van der Waals surface area contributed by atoms with Crippen LogP contribution in [0.5, 0.6) is 0 Å². The Kier molecular flexibility index (Phi) is 6.53. The van der Waals surface area contributed by atoms with Gasteiger partial charge in [0.15, 0.2) is 0 Å². The summed E-state index contributed by atoms with van der Waals surface area (Å²) in [5, 5.41) is 8.38. The molecule has 0 bridgehead atoms. The molecule has 0 fully saturated rings. The predicted octanol–water partition coefficient (Wildman–Crippen LogP) is 4.68. The molecule has 0 saturated carbocycles. The van der Waals surface area contributed by atoms with Gasteiger partial charge in [-0.2, -0.15) is 0 Å². The van der Waals surface area contributed by atoms with E-state index in [1.54, 1.807) is 18.3 Å². The predicted molar refractivity (Wildman–Crippen MR) is 107 cm³/mol. The van der Waals surface area contributed by atoms with Gasteiger partial charge in [0.05, 0.1) is 11.3 Å². The Bertz CT molecular complexity index is 929. The Balaban J connectivity index is 1.64. The average molecular weight is 402 g/mol. The van der Waals surface area contributed by atoms with Gasteiger partial charge in [0.1, 0.15) is 10.8 Å². The number of benzene rings is 1. The Labute approximate surface area is 167 Å². The van der Waals surface area contributed by atoms with Crippen LogP contribution in [0.3, 0.4) is 0 Å². The number of thioether (sulfide) groups is 1. The first kappa shape index (κ1) is 19.5. The summed E-state index contributed by atoms with van der Waals surface area (Å²) in [6, 6.07) is 13.0. The molecular formula is C20H20ClN3O2S. The van der Waals surface area contributed by atoms with Crippen molar-refractivity contribution in [1.82, 2.24) is 15.5 Å². The fourth-order valence-electron chi connectivity index (χ4n) is 2.65. The van der Waals surface area contributed by atoms with E-state index in [2.05, 4.69) is 15.5 Å². The third-order valence-corrected chi connectivity index (χ3v) is 5.32. The first-order chi connectivity index (χ1) is 13.0. The molecule has 3 rings (SSSR count). The summed E-state index contributed by atoms with van der Waals surface area (Å²) in [5.74, 6) is 1.20. The van der Waals surface area contributed by atoms with E-state index in [-0.39, 0.29) is 11.9 Å². The van der Waals surface area contributed by atoms with Gasteiger partial charge in [-0.25, -0.2) is 4.98 Å². The van der Waals surface area contributed by atoms with E-state index in [1.807, 2.05) is 44.2 Å². The van der Waals surface area contributed by atoms with Crippen molar-refractivity contribution < 1.29 is 9.32 Å². The molecule has 0 radical (unpaired) electrons. The van der Waals surface area contributed by atoms with Gasteiger partial charge in [0, 0.05) is 29.1 Å². The van der Waals surface area contributed by atoms with E-state index < -0.39 is 0 Å². The molecule has 1 atom stereocenters. The highest BCUT2D eigenvalue weighted by molar-refractivity contribution is 7.98. The number of aromatic nitrogens is 2. The zero-order valence-electron chi connectivity index (χ0n) is 15.1. The third kappa shape index (κ3) is 5.34. The number of nitrogens with one attached hydrogen (secondary N) is 1. The summed E-state index contributed by atoms with van der Waals surface area (Å²) in [5.41, 5.74) is 2.38. The lowest BCUT2D eigenvalue weighted by molar-refractivity contribution is 0.0936. The SMILES string of the molecule is Cc1cc(CSc2ncccc2C(=O)N[C@H](C)Cc2ccccc2Cl)no1. The zero-order valence-corrected chi connectivity index (χ0v) is 16.7. The summed E-state index contributed by atoms with van der Waals surface area (Å²) < 4.78 is 5.08. The molecule has 1 N–H and O–H groups in total. The van der Waals surface area contributed by atoms with Crippen LogP contribution in [0.4, 0.5) is 0 Å². The van der Waals surface area contributed by atoms with Gasteiger partial charge >= 0.3 is 0 Å². The number of amides is 1. The number of pyridine rings is 1. The molecule has 0 spiro atoms. The monoisotopic (exact) mass is 401 g/mol. The molecule has 0 aliphatic heterocycles. The van der Waals surface area contributed by atoms with E-state index in [0.29, 0.717) is 27.8 Å². The largest absolute Gasteiger partial charge is 0.361 e. The summed E-state index contributed by atoms with van der Waals surface area (Å²) in [4.78, 5) is 17.1. The van der Waals surface area contributed by atoms with Crippen molar-refractivity contribution in [1.29, 1.82) is 0 Å². The van der Waals surface area contributed by atoms with Crippen LogP contribution in [-0.2, 0) is 12.2 Å². The molecule has 2 aromatic heterocycles. The second-order valence-electron chi connectivity index (χ2n) is 6.24. The fourth-order valence-corrected chi connectivity index (χ4v) is 3.74. The van der Waals surface area contributed by atoms with Crippen molar-refractivity contribution in [2.75, 3.05) is 0 Å². The van der Waals surface area contributed by atoms with Crippen LogP contribution in [0.25, 0.3) is 0 Å². The van der Waals surface area contributed by atoms with Gasteiger partial charge < -0.3 is 9.84 Å². The van der Waals surface area contributed by atoms with E-state index in [1.165, 1.54) is 11.8 Å². The van der Waals surface area contributed by atoms with Gasteiger partial charge in [-0.15, -0.1) is 0 Å². The summed E-state index contributed by atoms with van der Waals surface area (Å²) in [6.45, 7) is 3.81. The lowest BCUT2D eigenvalue weighted by Crippen LogP contribution is -2.34. The minimum Gasteiger partial charge on any atom is -0.361 e.